The van der Waals surface area contributed by atoms with Crippen LogP contribution >= 0.6 is 0 Å². The quantitative estimate of drug-likeness (QED) is 0.771. The van der Waals surface area contributed by atoms with E-state index in [0.29, 0.717) is 11.6 Å². The number of para-hydroxylation sites is 1. The molecule has 0 fully saturated rings. The third-order valence-electron chi connectivity index (χ3n) is 4.02. The average molecular weight is 310 g/mol. The van der Waals surface area contributed by atoms with E-state index >= 15 is 0 Å². The van der Waals surface area contributed by atoms with Gasteiger partial charge in [-0.25, -0.2) is 4.98 Å². The van der Waals surface area contributed by atoms with Gasteiger partial charge in [-0.05, 0) is 30.4 Å². The van der Waals surface area contributed by atoms with Gasteiger partial charge in [-0.15, -0.1) is 10.2 Å². The number of nitrogens with zero attached hydrogens (tertiary/aromatic N) is 4. The number of hydrogen-bond donors (Lipinski definition) is 2. The summed E-state index contributed by atoms with van der Waals surface area (Å²) >= 11 is 0. The molecular formula is C17H22N6. The van der Waals surface area contributed by atoms with Crippen LogP contribution in [0.2, 0.25) is 0 Å². The number of hydrogen-bond acceptors (Lipinski definition) is 5. The van der Waals surface area contributed by atoms with E-state index in [0.717, 1.165) is 29.3 Å². The van der Waals surface area contributed by atoms with Crippen LogP contribution in [0.5, 0.6) is 0 Å². The molecule has 1 atom stereocenters. The average Bonchev–Trinajstić information content (AvgIpc) is 3.01. The minimum absolute atomic E-state index is 0.00918. The first kappa shape index (κ1) is 15.4. The molecule has 1 aromatic carbocycles. The predicted octanol–water partition coefficient (Wildman–Crippen LogP) is 3.29. The molecule has 0 radical (unpaired) electrons. The van der Waals surface area contributed by atoms with Gasteiger partial charge in [0.05, 0.1) is 11.4 Å². The molecule has 0 aliphatic heterocycles. The molecule has 0 aliphatic carbocycles. The molecule has 3 rings (SSSR count). The van der Waals surface area contributed by atoms with Crippen LogP contribution in [0.4, 0.5) is 5.82 Å². The number of anilines is 1. The lowest BCUT2D eigenvalue weighted by atomic mass is 9.84. The smallest absolute Gasteiger partial charge is 0.182 e. The number of H-pyrrole nitrogens is 1. The van der Waals surface area contributed by atoms with Crippen molar-refractivity contribution >= 4 is 16.7 Å². The summed E-state index contributed by atoms with van der Waals surface area (Å²) < 4.78 is 0. The number of nitrogens with one attached hydrogen (secondary N) is 1. The Morgan fingerprint density at radius 3 is 2.70 bits per heavy atom. The summed E-state index contributed by atoms with van der Waals surface area (Å²) in [7, 11) is 0. The zero-order chi connectivity index (χ0) is 16.4. The molecular weight excluding hydrogens is 288 g/mol. The third kappa shape index (κ3) is 3.47. The first-order valence-corrected chi connectivity index (χ1v) is 7.82. The minimum atomic E-state index is -0.00918. The molecule has 23 heavy (non-hydrogen) atoms. The second kappa shape index (κ2) is 5.95. The summed E-state index contributed by atoms with van der Waals surface area (Å²) in [5.41, 5.74) is 8.33. The lowest BCUT2D eigenvalue weighted by Crippen LogP contribution is -2.13. The van der Waals surface area contributed by atoms with Gasteiger partial charge in [0.1, 0.15) is 5.82 Å². The van der Waals surface area contributed by atoms with Crippen LogP contribution in [0.15, 0.2) is 30.3 Å². The molecule has 0 aliphatic rings. The molecule has 0 spiro atoms. The van der Waals surface area contributed by atoms with E-state index in [1.54, 1.807) is 0 Å². The molecule has 0 saturated heterocycles. The van der Waals surface area contributed by atoms with E-state index in [2.05, 4.69) is 52.4 Å². The minimum Gasteiger partial charge on any atom is -0.383 e. The van der Waals surface area contributed by atoms with Crippen molar-refractivity contribution in [2.45, 2.75) is 39.5 Å². The van der Waals surface area contributed by atoms with Gasteiger partial charge in [0.2, 0.25) is 0 Å². The molecule has 2 aromatic heterocycles. The van der Waals surface area contributed by atoms with Crippen molar-refractivity contribution in [1.82, 2.24) is 25.6 Å². The number of rotatable bonds is 4. The number of benzene rings is 1. The third-order valence-corrected chi connectivity index (χ3v) is 4.02. The highest BCUT2D eigenvalue weighted by atomic mass is 15.5. The SMILES string of the molecule is CC(C)(C)CC[C@@H](c1nn[nH]n1)c1cc2ccccc2nc1N. The molecule has 0 bridgehead atoms. The van der Waals surface area contributed by atoms with Gasteiger partial charge in [-0.2, -0.15) is 5.21 Å². The summed E-state index contributed by atoms with van der Waals surface area (Å²) in [4.78, 5) is 4.54. The number of nitrogen functional groups attached to an aromatic ring is 1. The van der Waals surface area contributed by atoms with E-state index in [-0.39, 0.29) is 11.3 Å². The standard InChI is InChI=1S/C17H22N6/c1-17(2,3)9-8-12(16-20-22-23-21-16)13-10-11-6-4-5-7-14(11)19-15(13)18/h4-7,10,12H,8-9H2,1-3H3,(H2,18,19)(H,20,21,22,23)/t12-/m1/s1. The number of nitrogens with two attached hydrogens (primary N) is 1. The Balaban J connectivity index is 2.03. The van der Waals surface area contributed by atoms with Gasteiger partial charge in [0.25, 0.3) is 0 Å². The van der Waals surface area contributed by atoms with Crippen LogP contribution in [0.3, 0.4) is 0 Å². The molecule has 2 heterocycles. The Hall–Kier alpha value is -2.50. The van der Waals surface area contributed by atoms with Gasteiger partial charge in [0, 0.05) is 10.9 Å². The van der Waals surface area contributed by atoms with E-state index in [9.17, 15) is 0 Å². The summed E-state index contributed by atoms with van der Waals surface area (Å²) in [6, 6.07) is 10.1. The topological polar surface area (TPSA) is 93.4 Å². The molecule has 120 valence electrons. The number of pyridine rings is 1. The molecule has 3 aromatic rings. The maximum Gasteiger partial charge on any atom is 0.182 e. The maximum absolute atomic E-state index is 6.24. The number of fused-ring (bicyclic) bond motifs is 1. The highest BCUT2D eigenvalue weighted by molar-refractivity contribution is 5.81. The fourth-order valence-corrected chi connectivity index (χ4v) is 2.74. The van der Waals surface area contributed by atoms with Crippen LogP contribution in [0, 0.1) is 5.41 Å². The van der Waals surface area contributed by atoms with Gasteiger partial charge >= 0.3 is 0 Å². The number of tetrazole rings is 1. The Bertz CT molecular complexity index is 788. The monoisotopic (exact) mass is 310 g/mol. The van der Waals surface area contributed by atoms with Gasteiger partial charge in [0.15, 0.2) is 5.82 Å². The first-order valence-electron chi connectivity index (χ1n) is 7.82. The summed E-state index contributed by atoms with van der Waals surface area (Å²) in [5.74, 6) is 1.19. The van der Waals surface area contributed by atoms with Crippen LogP contribution in [0.1, 0.15) is 50.9 Å². The number of aromatic nitrogens is 5. The van der Waals surface area contributed by atoms with E-state index in [1.165, 1.54) is 0 Å². The lowest BCUT2D eigenvalue weighted by Gasteiger charge is -2.22. The van der Waals surface area contributed by atoms with Crippen molar-refractivity contribution in [1.29, 1.82) is 0 Å². The van der Waals surface area contributed by atoms with E-state index in [1.807, 2.05) is 24.3 Å². The molecule has 0 unspecified atom stereocenters. The Labute approximate surface area is 135 Å². The maximum atomic E-state index is 6.24. The summed E-state index contributed by atoms with van der Waals surface area (Å²) in [5, 5.41) is 15.7. The second-order valence-electron chi connectivity index (χ2n) is 7.08. The zero-order valence-electron chi connectivity index (χ0n) is 13.7. The van der Waals surface area contributed by atoms with Crippen molar-refractivity contribution in [3.05, 3.63) is 41.7 Å². The molecule has 6 heteroatoms. The van der Waals surface area contributed by atoms with Crippen molar-refractivity contribution in [3.8, 4) is 0 Å². The van der Waals surface area contributed by atoms with Gasteiger partial charge in [-0.1, -0.05) is 44.2 Å². The fraction of sp³-hybridized carbons (Fsp3) is 0.412. The lowest BCUT2D eigenvalue weighted by molar-refractivity contribution is 0.354. The summed E-state index contributed by atoms with van der Waals surface area (Å²) in [6.07, 6.45) is 1.92. The molecule has 0 amide bonds. The second-order valence-corrected chi connectivity index (χ2v) is 7.08. The van der Waals surface area contributed by atoms with Crippen LogP contribution in [-0.4, -0.2) is 25.6 Å². The highest BCUT2D eigenvalue weighted by Crippen LogP contribution is 2.35. The van der Waals surface area contributed by atoms with Crippen molar-refractivity contribution in [2.75, 3.05) is 5.73 Å². The summed E-state index contributed by atoms with van der Waals surface area (Å²) in [6.45, 7) is 6.67. The van der Waals surface area contributed by atoms with Crippen LogP contribution in [-0.2, 0) is 0 Å². The van der Waals surface area contributed by atoms with E-state index < -0.39 is 0 Å². The first-order chi connectivity index (χ1) is 10.9. The fourth-order valence-electron chi connectivity index (χ4n) is 2.74. The van der Waals surface area contributed by atoms with Crippen molar-refractivity contribution in [2.24, 2.45) is 5.41 Å². The Kier molecular flexibility index (Phi) is 3.98. The Morgan fingerprint density at radius 2 is 2.00 bits per heavy atom. The molecule has 3 N–H and O–H groups in total. The van der Waals surface area contributed by atoms with Gasteiger partial charge < -0.3 is 5.73 Å². The molecule has 6 nitrogen and oxygen atoms in total. The number of aromatic amines is 1. The van der Waals surface area contributed by atoms with Crippen LogP contribution < -0.4 is 5.73 Å². The highest BCUT2D eigenvalue weighted by Gasteiger charge is 2.24. The van der Waals surface area contributed by atoms with Crippen LogP contribution in [0.25, 0.3) is 10.9 Å². The van der Waals surface area contributed by atoms with Crippen molar-refractivity contribution < 1.29 is 0 Å². The molecule has 0 saturated carbocycles. The van der Waals surface area contributed by atoms with Gasteiger partial charge in [-0.3, -0.25) is 0 Å². The van der Waals surface area contributed by atoms with Crippen molar-refractivity contribution in [3.63, 3.8) is 0 Å². The normalized spacial score (nSPS) is 13.3. The Morgan fingerprint density at radius 1 is 1.22 bits per heavy atom. The zero-order valence-corrected chi connectivity index (χ0v) is 13.7. The van der Waals surface area contributed by atoms with E-state index in [4.69, 9.17) is 5.73 Å². The predicted molar refractivity (Wildman–Crippen MR) is 90.9 cm³/mol. The largest absolute Gasteiger partial charge is 0.383 e.